The number of nitriles is 2. The van der Waals surface area contributed by atoms with Crippen LogP contribution >= 0.6 is 11.6 Å². The van der Waals surface area contributed by atoms with E-state index in [0.29, 0.717) is 50.6 Å². The van der Waals surface area contributed by atoms with Gasteiger partial charge in [-0.1, -0.05) is 157 Å². The van der Waals surface area contributed by atoms with Gasteiger partial charge in [0.2, 0.25) is 0 Å². The van der Waals surface area contributed by atoms with E-state index in [9.17, 15) is 10.5 Å². The summed E-state index contributed by atoms with van der Waals surface area (Å²) in [5, 5.41) is 20.6. The Morgan fingerprint density at radius 3 is 0.850 bits per heavy atom. The van der Waals surface area contributed by atoms with Crippen LogP contribution in [0.1, 0.15) is 94.2 Å². The van der Waals surface area contributed by atoms with Crippen LogP contribution in [0, 0.1) is 22.7 Å². The van der Waals surface area contributed by atoms with Crippen molar-refractivity contribution in [2.45, 2.75) is 117 Å². The number of hydrogen-bond donors (Lipinski definition) is 0. The monoisotopic (exact) mass is 1080 g/mol. The number of halogens is 1. The molecule has 0 spiro atoms. The molecule has 0 unspecified atom stereocenters. The first-order chi connectivity index (χ1) is 37.9. The van der Waals surface area contributed by atoms with Gasteiger partial charge in [0.15, 0.2) is 11.6 Å². The summed E-state index contributed by atoms with van der Waals surface area (Å²) >= 11 is 6.02. The molecule has 6 aromatic carbocycles. The van der Waals surface area contributed by atoms with Gasteiger partial charge in [0.05, 0.1) is 56.4 Å². The van der Waals surface area contributed by atoms with Crippen LogP contribution in [-0.2, 0) is 27.9 Å². The van der Waals surface area contributed by atoms with E-state index in [4.69, 9.17) is 59.5 Å². The van der Waals surface area contributed by atoms with E-state index in [0.717, 1.165) is 38.8 Å². The van der Waals surface area contributed by atoms with Gasteiger partial charge >= 0.3 is 21.1 Å². The lowest BCUT2D eigenvalue weighted by Crippen LogP contribution is -2.41. The lowest BCUT2D eigenvalue weighted by molar-refractivity contribution is 0.00578. The number of aromatic nitrogens is 4. The summed E-state index contributed by atoms with van der Waals surface area (Å²) in [6, 6.07) is 58.9. The van der Waals surface area contributed by atoms with E-state index in [1.165, 1.54) is 0 Å². The Balaban J connectivity index is 0.000000153. The van der Waals surface area contributed by atoms with Crippen molar-refractivity contribution in [3.63, 3.8) is 0 Å². The van der Waals surface area contributed by atoms with Crippen LogP contribution in [-0.4, -0.2) is 74.7 Å². The van der Waals surface area contributed by atoms with Crippen LogP contribution < -0.4 is 5.46 Å². The Morgan fingerprint density at radius 1 is 0.338 bits per heavy atom. The fourth-order valence-electron chi connectivity index (χ4n) is 8.98. The third kappa shape index (κ3) is 11.9. The molecule has 0 bridgehead atoms. The maximum atomic E-state index is 10.1. The fourth-order valence-corrected chi connectivity index (χ4v) is 9.10. The predicted octanol–water partition coefficient (Wildman–Crippen LogP) is 13.9. The fraction of sp³-hybridized carbons (Fsp3) is 0.281. The highest BCUT2D eigenvalue weighted by molar-refractivity contribution is 7.11. The second-order valence-electron chi connectivity index (χ2n) is 22.9. The molecule has 12 nitrogen and oxygen atoms in total. The Morgan fingerprint density at radius 2 is 0.588 bits per heavy atom. The first-order valence-electron chi connectivity index (χ1n) is 26.7. The molecule has 3 fully saturated rings. The lowest BCUT2D eigenvalue weighted by Gasteiger charge is -2.32. The average Bonchev–Trinajstić information content (AvgIpc) is 3.94. The molecule has 5 heterocycles. The van der Waals surface area contributed by atoms with Crippen molar-refractivity contribution in [3.05, 3.63) is 186 Å². The zero-order valence-corrected chi connectivity index (χ0v) is 48.2. The molecule has 3 saturated heterocycles. The molecular formula is C64H64B3ClN6O6. The third-order valence-corrected chi connectivity index (χ3v) is 16.0. The van der Waals surface area contributed by atoms with Gasteiger partial charge in [0.1, 0.15) is 23.3 Å². The molecule has 0 aliphatic carbocycles. The number of benzene rings is 6. The Bertz CT molecular complexity index is 3360. The van der Waals surface area contributed by atoms with Crippen molar-refractivity contribution >= 4 is 38.2 Å². The number of hydrogen-bond acceptors (Lipinski definition) is 12. The minimum atomic E-state index is -0.476. The van der Waals surface area contributed by atoms with Crippen LogP contribution in [0.3, 0.4) is 0 Å². The zero-order valence-electron chi connectivity index (χ0n) is 47.4. The van der Waals surface area contributed by atoms with Gasteiger partial charge in [-0.25, -0.2) is 19.9 Å². The molecular weight excluding hydrogens is 1020 g/mol. The van der Waals surface area contributed by atoms with Gasteiger partial charge in [0, 0.05) is 38.4 Å². The maximum absolute atomic E-state index is 10.1. The molecule has 402 valence electrons. The predicted molar refractivity (Wildman–Crippen MR) is 319 cm³/mol. The normalized spacial score (nSPS) is 17.8. The van der Waals surface area contributed by atoms with Gasteiger partial charge in [0.25, 0.3) is 0 Å². The van der Waals surface area contributed by atoms with E-state index < -0.39 is 32.3 Å². The summed E-state index contributed by atoms with van der Waals surface area (Å²) in [4.78, 5) is 19.1. The Labute approximate surface area is 476 Å². The first kappa shape index (κ1) is 57.4. The molecule has 0 N–H and O–H groups in total. The highest BCUT2D eigenvalue weighted by Crippen LogP contribution is 2.43. The standard InChI is InChI=1S/C29H26BN3O2.C23H14ClN3.C12H24B2O4/c1-28(2)29(3,4)35-30(34-28)23-17-15-22(16-18-23)27-32-25(20-11-7-5-8-12-20)24(19-31)26(33-27)21-13-9-6-10-14-21;24-19-13-11-18(12-14-19)23-26-21(16-7-3-1-4-8-16)20(15-25)22(27-23)17-9-5-2-6-10-17;1-9(2)10(3,4)16-13(15-9)14-17-11(5,6)12(7,8)18-14/h5-18H,1-4H3;1-14H;1-8H3. The number of rotatable bonds is 8. The molecule has 0 radical (unpaired) electrons. The molecule has 2 aromatic heterocycles. The van der Waals surface area contributed by atoms with Crippen molar-refractivity contribution in [1.82, 2.24) is 19.9 Å². The van der Waals surface area contributed by atoms with Crippen molar-refractivity contribution < 1.29 is 27.9 Å². The van der Waals surface area contributed by atoms with E-state index in [1.807, 2.05) is 253 Å². The molecule has 0 saturated carbocycles. The summed E-state index contributed by atoms with van der Waals surface area (Å²) in [5.74, 6) is 1.12. The molecule has 3 aliphatic heterocycles. The van der Waals surface area contributed by atoms with Crippen molar-refractivity contribution in [2.75, 3.05) is 0 Å². The third-order valence-electron chi connectivity index (χ3n) is 15.8. The van der Waals surface area contributed by atoms with Crippen LogP contribution in [0.2, 0.25) is 5.02 Å². The first-order valence-corrected chi connectivity index (χ1v) is 27.1. The smallest absolute Gasteiger partial charge is 0.405 e. The highest BCUT2D eigenvalue weighted by atomic mass is 35.5. The van der Waals surface area contributed by atoms with Gasteiger partial charge in [-0.3, -0.25) is 0 Å². The van der Waals surface area contributed by atoms with Gasteiger partial charge < -0.3 is 27.9 Å². The summed E-state index contributed by atoms with van der Waals surface area (Å²) in [6.07, 6.45) is 0. The summed E-state index contributed by atoms with van der Waals surface area (Å²) < 4.78 is 36.2. The zero-order chi connectivity index (χ0) is 57.3. The number of nitrogens with zero attached hydrogens (tertiary/aromatic N) is 6. The minimum absolute atomic E-state index is 0.360. The molecule has 0 atom stereocenters. The van der Waals surface area contributed by atoms with Gasteiger partial charge in [-0.05, 0) is 113 Å². The Kier molecular flexibility index (Phi) is 16.3. The molecule has 80 heavy (non-hydrogen) atoms. The van der Waals surface area contributed by atoms with Crippen molar-refractivity contribution in [1.29, 1.82) is 10.5 Å². The van der Waals surface area contributed by atoms with Crippen molar-refractivity contribution in [3.8, 4) is 79.9 Å². The van der Waals surface area contributed by atoms with E-state index in [1.54, 1.807) is 0 Å². The molecule has 0 amide bonds. The Hall–Kier alpha value is -7.30. The van der Waals surface area contributed by atoms with Crippen LogP contribution in [0.5, 0.6) is 0 Å². The van der Waals surface area contributed by atoms with Crippen molar-refractivity contribution in [2.24, 2.45) is 0 Å². The second-order valence-corrected chi connectivity index (χ2v) is 23.3. The topological polar surface area (TPSA) is 155 Å². The van der Waals surface area contributed by atoms with E-state index >= 15 is 0 Å². The van der Waals surface area contributed by atoms with Crippen LogP contribution in [0.15, 0.2) is 170 Å². The van der Waals surface area contributed by atoms with Crippen LogP contribution in [0.25, 0.3) is 67.8 Å². The van der Waals surface area contributed by atoms with Gasteiger partial charge in [-0.15, -0.1) is 0 Å². The largest absolute Gasteiger partial charge is 0.494 e. The summed E-state index contributed by atoms with van der Waals surface area (Å²) in [5.41, 5.74) is 7.30. The lowest BCUT2D eigenvalue weighted by atomic mass is 9.49. The molecule has 11 rings (SSSR count). The minimum Gasteiger partial charge on any atom is -0.405 e. The SMILES string of the molecule is CC1(C)OB(B2OC(C)(C)C(C)(C)O2)OC1(C)C.CC1(C)OB(c2ccc(-c3nc(-c4ccccc4)c(C#N)c(-c4ccccc4)n3)cc2)OC1(C)C.N#Cc1c(-c2ccccc2)nc(-c2ccc(Cl)cc2)nc1-c1ccccc1. The quantitative estimate of drug-likeness (QED) is 0.133. The average molecular weight is 1080 g/mol. The molecule has 3 aliphatic rings. The maximum Gasteiger partial charge on any atom is 0.494 e. The summed E-state index contributed by atoms with van der Waals surface area (Å²) in [6.45, 7) is 24.4. The van der Waals surface area contributed by atoms with E-state index in [-0.39, 0.29) is 22.4 Å². The summed E-state index contributed by atoms with van der Waals surface area (Å²) in [7, 11) is -1.39. The van der Waals surface area contributed by atoms with E-state index in [2.05, 4.69) is 12.1 Å². The highest BCUT2D eigenvalue weighted by Gasteiger charge is 2.63. The molecule has 8 aromatic rings. The molecule has 16 heteroatoms. The van der Waals surface area contributed by atoms with Gasteiger partial charge in [-0.2, -0.15) is 10.5 Å². The second kappa shape index (κ2) is 22.7. The van der Waals surface area contributed by atoms with Crippen LogP contribution in [0.4, 0.5) is 0 Å².